The van der Waals surface area contributed by atoms with Crippen molar-refractivity contribution in [3.8, 4) is 0 Å². The normalized spacial score (nSPS) is 22.1. The Labute approximate surface area is 156 Å². The van der Waals surface area contributed by atoms with Crippen LogP contribution < -0.4 is 10.6 Å². The molecule has 27 heavy (non-hydrogen) atoms. The summed E-state index contributed by atoms with van der Waals surface area (Å²) in [6.07, 6.45) is 2.01. The van der Waals surface area contributed by atoms with Crippen LogP contribution in [0.1, 0.15) is 24.8 Å². The number of amides is 2. The van der Waals surface area contributed by atoms with Gasteiger partial charge < -0.3 is 20.5 Å². The Bertz CT molecular complexity index is 700. The molecule has 9 heteroatoms. The number of likely N-dealkylation sites (tertiary alicyclic amines) is 1. The number of nitrogens with zero attached hydrogens (tertiary/aromatic N) is 1. The highest BCUT2D eigenvalue weighted by Crippen LogP contribution is 2.29. The van der Waals surface area contributed by atoms with Crippen LogP contribution in [0.5, 0.6) is 0 Å². The van der Waals surface area contributed by atoms with Crippen LogP contribution in [0, 0.1) is 12.7 Å². The number of benzene rings is 1. The number of carbonyl (C=O) groups excluding carboxylic acids is 2. The number of carbonyl (C=O) groups is 3. The molecule has 3 N–H and O–H groups in total. The molecule has 0 aliphatic carbocycles. The van der Waals surface area contributed by atoms with Gasteiger partial charge in [0.25, 0.3) is 6.47 Å². The molecule has 2 aliphatic rings. The second kappa shape index (κ2) is 9.31. The predicted molar refractivity (Wildman–Crippen MR) is 96.0 cm³/mol. The quantitative estimate of drug-likeness (QED) is 0.689. The van der Waals surface area contributed by atoms with Crippen LogP contribution in [0.3, 0.4) is 0 Å². The third-order valence-corrected chi connectivity index (χ3v) is 4.76. The average Bonchev–Trinajstić information content (AvgIpc) is 2.87. The highest BCUT2D eigenvalue weighted by molar-refractivity contribution is 5.93. The van der Waals surface area contributed by atoms with Crippen molar-refractivity contribution in [3.05, 3.63) is 29.6 Å². The molecule has 0 radical (unpaired) electrons. The van der Waals surface area contributed by atoms with E-state index in [1.807, 2.05) is 4.90 Å². The Kier molecular flexibility index (Phi) is 7.12. The average molecular weight is 381 g/mol. The molecule has 3 rings (SSSR count). The van der Waals surface area contributed by atoms with Crippen LogP contribution >= 0.6 is 0 Å². The zero-order valence-corrected chi connectivity index (χ0v) is 15.2. The highest BCUT2D eigenvalue weighted by atomic mass is 19.1. The Hall–Kier alpha value is -2.68. The molecule has 2 saturated heterocycles. The summed E-state index contributed by atoms with van der Waals surface area (Å²) in [6, 6.07) is 4.64. The summed E-state index contributed by atoms with van der Waals surface area (Å²) < 4.78 is 19.0. The first-order valence-electron chi connectivity index (χ1n) is 8.71. The number of nitrogens with one attached hydrogen (secondary N) is 2. The van der Waals surface area contributed by atoms with Crippen molar-refractivity contribution in [2.24, 2.45) is 0 Å². The zero-order chi connectivity index (χ0) is 19.9. The zero-order valence-electron chi connectivity index (χ0n) is 15.2. The van der Waals surface area contributed by atoms with Crippen molar-refractivity contribution in [1.82, 2.24) is 10.2 Å². The first-order valence-corrected chi connectivity index (χ1v) is 8.71. The molecule has 0 saturated carbocycles. The van der Waals surface area contributed by atoms with Crippen LogP contribution in [0.25, 0.3) is 0 Å². The monoisotopic (exact) mass is 381 g/mol. The van der Waals surface area contributed by atoms with E-state index >= 15 is 0 Å². The molecule has 1 spiro atoms. The van der Waals surface area contributed by atoms with Gasteiger partial charge in [-0.3, -0.25) is 14.5 Å². The summed E-state index contributed by atoms with van der Waals surface area (Å²) in [4.78, 5) is 34.0. The topological polar surface area (TPSA) is 108 Å². The molecule has 1 aromatic rings. The smallest absolute Gasteiger partial charge is 0.407 e. The van der Waals surface area contributed by atoms with Gasteiger partial charge in [0.05, 0.1) is 13.1 Å². The van der Waals surface area contributed by atoms with Gasteiger partial charge in [0.1, 0.15) is 11.4 Å². The Balaban J connectivity index is 0.000000817. The Morgan fingerprint density at radius 2 is 2.19 bits per heavy atom. The number of hydrogen-bond donors (Lipinski definition) is 3. The van der Waals surface area contributed by atoms with Crippen LogP contribution in [0.4, 0.5) is 14.9 Å². The fourth-order valence-corrected chi connectivity index (χ4v) is 3.30. The summed E-state index contributed by atoms with van der Waals surface area (Å²) in [5, 5.41) is 12.4. The van der Waals surface area contributed by atoms with Crippen LogP contribution in [0.2, 0.25) is 0 Å². The largest absolute Gasteiger partial charge is 0.483 e. The van der Waals surface area contributed by atoms with Crippen LogP contribution in [0.15, 0.2) is 18.2 Å². The first kappa shape index (κ1) is 20.6. The predicted octanol–water partition coefficient (Wildman–Crippen LogP) is 1.74. The minimum Gasteiger partial charge on any atom is -0.483 e. The van der Waals surface area contributed by atoms with Gasteiger partial charge in [0.15, 0.2) is 0 Å². The number of rotatable bonds is 3. The molecule has 148 valence electrons. The Morgan fingerprint density at radius 3 is 2.85 bits per heavy atom. The Morgan fingerprint density at radius 1 is 1.44 bits per heavy atom. The van der Waals surface area contributed by atoms with Crippen molar-refractivity contribution >= 4 is 24.2 Å². The first-order chi connectivity index (χ1) is 12.9. The molecule has 2 aliphatic heterocycles. The molecule has 1 aromatic carbocycles. The minimum absolute atomic E-state index is 0.166. The van der Waals surface area contributed by atoms with E-state index in [1.54, 1.807) is 19.1 Å². The second-order valence-corrected chi connectivity index (χ2v) is 6.62. The van der Waals surface area contributed by atoms with Gasteiger partial charge in [0, 0.05) is 24.2 Å². The highest BCUT2D eigenvalue weighted by Gasteiger charge is 2.41. The molecule has 1 atom stereocenters. The van der Waals surface area contributed by atoms with Crippen LogP contribution in [-0.4, -0.2) is 60.3 Å². The van der Waals surface area contributed by atoms with E-state index in [-0.39, 0.29) is 30.8 Å². The molecular weight excluding hydrogens is 357 g/mol. The minimum atomic E-state index is -0.429. The number of ether oxygens (including phenoxy) is 1. The lowest BCUT2D eigenvalue weighted by Gasteiger charge is -2.24. The van der Waals surface area contributed by atoms with E-state index in [0.717, 1.165) is 19.4 Å². The lowest BCUT2D eigenvalue weighted by molar-refractivity contribution is -0.123. The third-order valence-electron chi connectivity index (χ3n) is 4.76. The maximum absolute atomic E-state index is 13.5. The van der Waals surface area contributed by atoms with Gasteiger partial charge in [-0.05, 0) is 38.4 Å². The van der Waals surface area contributed by atoms with Crippen LogP contribution in [-0.2, 0) is 14.3 Å². The van der Waals surface area contributed by atoms with Gasteiger partial charge in [0.2, 0.25) is 5.91 Å². The maximum Gasteiger partial charge on any atom is 0.407 e. The van der Waals surface area contributed by atoms with E-state index < -0.39 is 5.60 Å². The fraction of sp³-hybridized carbons (Fsp3) is 0.500. The maximum atomic E-state index is 13.5. The van der Waals surface area contributed by atoms with E-state index in [9.17, 15) is 14.0 Å². The summed E-state index contributed by atoms with van der Waals surface area (Å²) >= 11 is 0. The van der Waals surface area contributed by atoms with Crippen molar-refractivity contribution in [3.63, 3.8) is 0 Å². The van der Waals surface area contributed by atoms with E-state index in [4.69, 9.17) is 14.6 Å². The molecular formula is C18H24FN3O5. The molecule has 1 unspecified atom stereocenters. The van der Waals surface area contributed by atoms with E-state index in [0.29, 0.717) is 30.8 Å². The van der Waals surface area contributed by atoms with Gasteiger partial charge in [-0.1, -0.05) is 6.07 Å². The number of carboxylic acid groups (broad SMARTS) is 1. The third kappa shape index (κ3) is 5.65. The molecule has 0 bridgehead atoms. The van der Waals surface area contributed by atoms with Crippen molar-refractivity contribution in [2.75, 3.05) is 31.5 Å². The number of hydrogen-bond acceptors (Lipinski definition) is 5. The second-order valence-electron chi connectivity index (χ2n) is 6.62. The lowest BCUT2D eigenvalue weighted by Crippen LogP contribution is -2.37. The van der Waals surface area contributed by atoms with Crippen molar-refractivity contribution < 1.29 is 28.6 Å². The van der Waals surface area contributed by atoms with Gasteiger partial charge in [-0.15, -0.1) is 0 Å². The number of alkyl carbamates (subject to hydrolysis) is 1. The SMILES string of the molecule is Cc1c(F)cccc1NC(=O)CN1CCCC2(CC1)CNC(=O)O2.O=CO. The van der Waals surface area contributed by atoms with E-state index in [1.165, 1.54) is 6.07 Å². The molecule has 2 fully saturated rings. The van der Waals surface area contributed by atoms with E-state index in [2.05, 4.69) is 10.6 Å². The van der Waals surface area contributed by atoms with Gasteiger partial charge in [-0.25, -0.2) is 9.18 Å². The summed E-state index contributed by atoms with van der Waals surface area (Å²) in [5.41, 5.74) is 0.506. The molecule has 0 aromatic heterocycles. The number of anilines is 1. The summed E-state index contributed by atoms with van der Waals surface area (Å²) in [6.45, 7) is 3.63. The standard InChI is InChI=1S/C17H22FN3O3.CH2O2/c1-12-13(18)4-2-5-14(12)20-15(22)10-21-8-3-6-17(7-9-21)11-19-16(23)24-17;2-1-3/h2,4-5H,3,6-11H2,1H3,(H,19,23)(H,20,22);1H,(H,2,3). The molecule has 2 heterocycles. The fourth-order valence-electron chi connectivity index (χ4n) is 3.30. The summed E-state index contributed by atoms with van der Waals surface area (Å²) in [7, 11) is 0. The van der Waals surface area contributed by atoms with Gasteiger partial charge >= 0.3 is 6.09 Å². The summed E-state index contributed by atoms with van der Waals surface area (Å²) in [5.74, 6) is -0.499. The molecule has 2 amide bonds. The number of halogens is 1. The van der Waals surface area contributed by atoms with Crippen molar-refractivity contribution in [1.29, 1.82) is 0 Å². The lowest BCUT2D eigenvalue weighted by atomic mass is 9.95. The molecule has 8 nitrogen and oxygen atoms in total. The van der Waals surface area contributed by atoms with Crippen molar-refractivity contribution in [2.45, 2.75) is 31.8 Å². The van der Waals surface area contributed by atoms with Gasteiger partial charge in [-0.2, -0.15) is 0 Å².